The molecular formula is C7H8KNS. The quantitative estimate of drug-likeness (QED) is 0.447. The summed E-state index contributed by atoms with van der Waals surface area (Å²) >= 11 is 1.50. The summed E-state index contributed by atoms with van der Waals surface area (Å²) < 4.78 is 3.92. The Balaban J connectivity index is 0.000000810. The SMILES string of the molecule is C[N-]Sc1ccccc1.[K+]. The van der Waals surface area contributed by atoms with Gasteiger partial charge < -0.3 is 4.72 Å². The van der Waals surface area contributed by atoms with E-state index in [0.29, 0.717) is 0 Å². The van der Waals surface area contributed by atoms with Crippen LogP contribution in [0, 0.1) is 0 Å². The fourth-order valence-corrected chi connectivity index (χ4v) is 1.08. The van der Waals surface area contributed by atoms with Gasteiger partial charge in [0.1, 0.15) is 0 Å². The summed E-state index contributed by atoms with van der Waals surface area (Å²) in [4.78, 5) is 1.19. The average Bonchev–Trinajstić information content (AvgIpc) is 1.91. The van der Waals surface area contributed by atoms with Crippen LogP contribution in [0.4, 0.5) is 0 Å². The van der Waals surface area contributed by atoms with Gasteiger partial charge in [-0.25, -0.2) is 0 Å². The van der Waals surface area contributed by atoms with E-state index in [2.05, 4.69) is 4.72 Å². The van der Waals surface area contributed by atoms with Crippen molar-refractivity contribution in [2.24, 2.45) is 0 Å². The van der Waals surface area contributed by atoms with E-state index in [1.54, 1.807) is 7.05 Å². The fourth-order valence-electron chi connectivity index (χ4n) is 0.587. The van der Waals surface area contributed by atoms with Crippen LogP contribution in [0.2, 0.25) is 0 Å². The van der Waals surface area contributed by atoms with Gasteiger partial charge in [0, 0.05) is 0 Å². The zero-order chi connectivity index (χ0) is 6.53. The third-order valence-corrected chi connectivity index (χ3v) is 1.61. The summed E-state index contributed by atoms with van der Waals surface area (Å²) in [6, 6.07) is 10.1. The minimum Gasteiger partial charge on any atom is -0.605 e. The van der Waals surface area contributed by atoms with Gasteiger partial charge in [-0.15, -0.1) is 0 Å². The summed E-state index contributed by atoms with van der Waals surface area (Å²) in [7, 11) is 1.79. The summed E-state index contributed by atoms with van der Waals surface area (Å²) in [6.45, 7) is 0. The number of hydrogen-bond donors (Lipinski definition) is 0. The molecule has 0 radical (unpaired) electrons. The topological polar surface area (TPSA) is 14.1 Å². The van der Waals surface area contributed by atoms with Crippen molar-refractivity contribution in [1.82, 2.24) is 0 Å². The number of hydrogen-bond acceptors (Lipinski definition) is 1. The van der Waals surface area contributed by atoms with Crippen molar-refractivity contribution in [2.45, 2.75) is 4.90 Å². The molecule has 0 saturated heterocycles. The van der Waals surface area contributed by atoms with Crippen molar-refractivity contribution in [1.29, 1.82) is 0 Å². The molecule has 0 amide bonds. The van der Waals surface area contributed by atoms with E-state index in [1.165, 1.54) is 16.8 Å². The van der Waals surface area contributed by atoms with Crippen LogP contribution in [0.25, 0.3) is 4.72 Å². The molecule has 1 rings (SSSR count). The van der Waals surface area contributed by atoms with E-state index < -0.39 is 0 Å². The van der Waals surface area contributed by atoms with Crippen LogP contribution in [-0.2, 0) is 0 Å². The molecular weight excluding hydrogens is 169 g/mol. The van der Waals surface area contributed by atoms with E-state index in [4.69, 9.17) is 0 Å². The molecule has 1 nitrogen and oxygen atoms in total. The van der Waals surface area contributed by atoms with Gasteiger partial charge in [-0.3, -0.25) is 11.9 Å². The van der Waals surface area contributed by atoms with Crippen LogP contribution in [0.5, 0.6) is 0 Å². The molecule has 10 heavy (non-hydrogen) atoms. The van der Waals surface area contributed by atoms with Crippen molar-refractivity contribution < 1.29 is 51.4 Å². The third-order valence-electron chi connectivity index (χ3n) is 0.940. The maximum absolute atomic E-state index is 3.92. The standard InChI is InChI=1S/C7H8NS.K/c1-8-9-7-5-3-2-4-6-7;/h2-6H,1H3;/q-1;+1. The molecule has 0 heterocycles. The Morgan fingerprint density at radius 3 is 2.30 bits per heavy atom. The van der Waals surface area contributed by atoms with Crippen molar-refractivity contribution in [2.75, 3.05) is 7.05 Å². The first-order valence-corrected chi connectivity index (χ1v) is 3.52. The Hall–Kier alpha value is 1.17. The molecule has 0 aromatic heterocycles. The van der Waals surface area contributed by atoms with Crippen LogP contribution in [-0.4, -0.2) is 7.05 Å². The normalized spacial score (nSPS) is 8.50. The molecule has 0 atom stereocenters. The largest absolute Gasteiger partial charge is 1.00 e. The first-order valence-electron chi connectivity index (χ1n) is 2.74. The van der Waals surface area contributed by atoms with Crippen LogP contribution in [0.1, 0.15) is 0 Å². The van der Waals surface area contributed by atoms with Gasteiger partial charge in [-0.05, 0) is 4.90 Å². The predicted octanol–water partition coefficient (Wildman–Crippen LogP) is -0.299. The zero-order valence-corrected chi connectivity index (χ0v) is 10.2. The van der Waals surface area contributed by atoms with Gasteiger partial charge in [-0.2, -0.15) is 7.05 Å². The summed E-state index contributed by atoms with van der Waals surface area (Å²) in [5, 5.41) is 0. The Kier molecular flexibility index (Phi) is 7.65. The van der Waals surface area contributed by atoms with Gasteiger partial charge >= 0.3 is 51.4 Å². The monoisotopic (exact) mass is 177 g/mol. The molecule has 1 aromatic rings. The van der Waals surface area contributed by atoms with E-state index in [1.807, 2.05) is 30.3 Å². The molecule has 48 valence electrons. The third kappa shape index (κ3) is 4.13. The number of nitrogens with zero attached hydrogens (tertiary/aromatic N) is 1. The van der Waals surface area contributed by atoms with Gasteiger partial charge in [0.25, 0.3) is 0 Å². The van der Waals surface area contributed by atoms with E-state index in [-0.39, 0.29) is 51.4 Å². The second kappa shape index (κ2) is 6.85. The first kappa shape index (κ1) is 11.2. The van der Waals surface area contributed by atoms with Crippen molar-refractivity contribution in [3.8, 4) is 0 Å². The Labute approximate surface area is 109 Å². The second-order valence-corrected chi connectivity index (χ2v) is 2.61. The first-order chi connectivity index (χ1) is 4.43. The average molecular weight is 177 g/mol. The summed E-state index contributed by atoms with van der Waals surface area (Å²) in [6.07, 6.45) is 0. The van der Waals surface area contributed by atoms with Gasteiger partial charge in [-0.1, -0.05) is 30.3 Å². The second-order valence-electron chi connectivity index (χ2n) is 1.59. The molecule has 0 spiro atoms. The number of benzene rings is 1. The molecule has 1 aromatic carbocycles. The van der Waals surface area contributed by atoms with Gasteiger partial charge in [0.2, 0.25) is 0 Å². The fraction of sp³-hybridized carbons (Fsp3) is 0.143. The molecule has 0 aliphatic carbocycles. The molecule has 0 N–H and O–H groups in total. The predicted molar refractivity (Wildman–Crippen MR) is 41.6 cm³/mol. The minimum atomic E-state index is 0. The molecule has 0 saturated carbocycles. The maximum atomic E-state index is 3.92. The van der Waals surface area contributed by atoms with E-state index in [9.17, 15) is 0 Å². The van der Waals surface area contributed by atoms with Crippen molar-refractivity contribution in [3.63, 3.8) is 0 Å². The smallest absolute Gasteiger partial charge is 0.605 e. The Bertz CT molecular complexity index is 167. The van der Waals surface area contributed by atoms with E-state index >= 15 is 0 Å². The molecule has 0 aliphatic rings. The van der Waals surface area contributed by atoms with Crippen molar-refractivity contribution >= 4 is 11.9 Å². The van der Waals surface area contributed by atoms with Crippen LogP contribution >= 0.6 is 11.9 Å². The van der Waals surface area contributed by atoms with Gasteiger partial charge in [0.15, 0.2) is 0 Å². The van der Waals surface area contributed by atoms with Crippen LogP contribution < -0.4 is 51.4 Å². The molecule has 3 heteroatoms. The molecule has 0 fully saturated rings. The molecule has 0 bridgehead atoms. The summed E-state index contributed by atoms with van der Waals surface area (Å²) in [5.41, 5.74) is 0. The van der Waals surface area contributed by atoms with Crippen LogP contribution in [0.15, 0.2) is 35.2 Å². The molecule has 0 unspecified atom stereocenters. The Morgan fingerprint density at radius 1 is 1.20 bits per heavy atom. The zero-order valence-electron chi connectivity index (χ0n) is 6.24. The van der Waals surface area contributed by atoms with Gasteiger partial charge in [0.05, 0.1) is 0 Å². The maximum Gasteiger partial charge on any atom is 1.00 e. The minimum absolute atomic E-state index is 0. The van der Waals surface area contributed by atoms with E-state index in [0.717, 1.165) is 0 Å². The number of rotatable bonds is 2. The van der Waals surface area contributed by atoms with Crippen molar-refractivity contribution in [3.05, 3.63) is 35.1 Å². The summed E-state index contributed by atoms with van der Waals surface area (Å²) in [5.74, 6) is 0. The molecule has 0 aliphatic heterocycles. The van der Waals surface area contributed by atoms with Crippen LogP contribution in [0.3, 0.4) is 0 Å². The Morgan fingerprint density at radius 2 is 1.80 bits per heavy atom.